The third kappa shape index (κ3) is 3.41. The van der Waals surface area contributed by atoms with E-state index in [2.05, 4.69) is 5.32 Å². The molecule has 1 aliphatic rings. The van der Waals surface area contributed by atoms with Gasteiger partial charge in [0.1, 0.15) is 5.82 Å². The van der Waals surface area contributed by atoms with Crippen LogP contribution in [-0.2, 0) is 4.79 Å². The van der Waals surface area contributed by atoms with Crippen LogP contribution in [0.15, 0.2) is 18.2 Å². The Kier molecular flexibility index (Phi) is 3.64. The van der Waals surface area contributed by atoms with Crippen LogP contribution in [-0.4, -0.2) is 11.9 Å². The molecule has 1 atom stereocenters. The molecule has 0 heterocycles. The number of halogens is 2. The van der Waals surface area contributed by atoms with Gasteiger partial charge in [0.05, 0.1) is 5.69 Å². The van der Waals surface area contributed by atoms with Crippen LogP contribution in [0.25, 0.3) is 0 Å². The quantitative estimate of drug-likeness (QED) is 0.870. The summed E-state index contributed by atoms with van der Waals surface area (Å²) in [6, 6.07) is 4.02. The average Bonchev–Trinajstić information content (AvgIpc) is 3.05. The minimum Gasteiger partial charge on any atom is -0.327 e. The van der Waals surface area contributed by atoms with Crippen LogP contribution in [0.5, 0.6) is 0 Å². The van der Waals surface area contributed by atoms with Gasteiger partial charge in [-0.25, -0.2) is 4.39 Å². The second-order valence-electron chi connectivity index (χ2n) is 4.38. The fourth-order valence-corrected chi connectivity index (χ4v) is 1.86. The van der Waals surface area contributed by atoms with E-state index in [9.17, 15) is 9.18 Å². The van der Waals surface area contributed by atoms with E-state index in [1.54, 1.807) is 0 Å². The summed E-state index contributed by atoms with van der Waals surface area (Å²) in [4.78, 5) is 11.6. The highest BCUT2D eigenvalue weighted by Crippen LogP contribution is 2.32. The van der Waals surface area contributed by atoms with Crippen LogP contribution >= 0.6 is 11.6 Å². The number of hydrogen-bond acceptors (Lipinski definition) is 2. The van der Waals surface area contributed by atoms with Crippen molar-refractivity contribution >= 4 is 23.2 Å². The average molecular weight is 257 g/mol. The van der Waals surface area contributed by atoms with Gasteiger partial charge in [0.2, 0.25) is 5.91 Å². The molecule has 0 aromatic heterocycles. The molecule has 1 fully saturated rings. The minimum absolute atomic E-state index is 0.120. The van der Waals surface area contributed by atoms with Crippen LogP contribution < -0.4 is 11.1 Å². The molecule has 1 unspecified atom stereocenters. The van der Waals surface area contributed by atoms with Gasteiger partial charge >= 0.3 is 0 Å². The standard InChI is InChI=1S/C12H14ClFN2O/c13-8-3-4-11(9(14)5-8)16-12(17)6-10(15)7-1-2-7/h3-5,7,10H,1-2,6,15H2,(H,16,17). The number of carbonyl (C=O) groups excluding carboxylic acids is 1. The van der Waals surface area contributed by atoms with Crippen molar-refractivity contribution in [3.63, 3.8) is 0 Å². The van der Waals surface area contributed by atoms with Gasteiger partial charge in [0.15, 0.2) is 0 Å². The Morgan fingerprint density at radius 2 is 2.29 bits per heavy atom. The summed E-state index contributed by atoms with van der Waals surface area (Å²) in [5, 5.41) is 2.80. The third-order valence-electron chi connectivity index (χ3n) is 2.85. The second-order valence-corrected chi connectivity index (χ2v) is 4.81. The van der Waals surface area contributed by atoms with Gasteiger partial charge in [-0.15, -0.1) is 0 Å². The maximum absolute atomic E-state index is 13.4. The van der Waals surface area contributed by atoms with Gasteiger partial charge < -0.3 is 11.1 Å². The van der Waals surface area contributed by atoms with E-state index in [-0.39, 0.29) is 24.1 Å². The summed E-state index contributed by atoms with van der Waals surface area (Å²) < 4.78 is 13.4. The third-order valence-corrected chi connectivity index (χ3v) is 3.09. The van der Waals surface area contributed by atoms with Crippen molar-refractivity contribution in [3.8, 4) is 0 Å². The largest absolute Gasteiger partial charge is 0.327 e. The van der Waals surface area contributed by atoms with Crippen molar-refractivity contribution in [3.05, 3.63) is 29.0 Å². The van der Waals surface area contributed by atoms with Gasteiger partial charge in [-0.05, 0) is 37.0 Å². The number of nitrogens with two attached hydrogens (primary N) is 1. The lowest BCUT2D eigenvalue weighted by Crippen LogP contribution is -2.29. The number of nitrogens with one attached hydrogen (secondary N) is 1. The van der Waals surface area contributed by atoms with Gasteiger partial charge in [0.25, 0.3) is 0 Å². The first-order chi connectivity index (χ1) is 8.06. The maximum atomic E-state index is 13.4. The number of rotatable bonds is 4. The highest BCUT2D eigenvalue weighted by atomic mass is 35.5. The molecule has 1 aromatic carbocycles. The van der Waals surface area contributed by atoms with Gasteiger partial charge in [-0.1, -0.05) is 11.6 Å². The molecule has 1 aromatic rings. The highest BCUT2D eigenvalue weighted by Gasteiger charge is 2.29. The molecule has 5 heteroatoms. The van der Waals surface area contributed by atoms with E-state index in [0.717, 1.165) is 18.9 Å². The lowest BCUT2D eigenvalue weighted by Gasteiger charge is -2.11. The zero-order valence-corrected chi connectivity index (χ0v) is 10.0. The fraction of sp³-hybridized carbons (Fsp3) is 0.417. The lowest BCUT2D eigenvalue weighted by atomic mass is 10.1. The maximum Gasteiger partial charge on any atom is 0.226 e. The smallest absolute Gasteiger partial charge is 0.226 e. The summed E-state index contributed by atoms with van der Waals surface area (Å²) in [6.45, 7) is 0. The van der Waals surface area contributed by atoms with Crippen molar-refractivity contribution in [2.24, 2.45) is 11.7 Å². The van der Waals surface area contributed by atoms with E-state index in [1.165, 1.54) is 12.1 Å². The molecule has 0 bridgehead atoms. The Bertz CT molecular complexity index is 435. The normalized spacial score (nSPS) is 16.6. The minimum atomic E-state index is -0.536. The van der Waals surface area contributed by atoms with Crippen molar-refractivity contribution in [1.29, 1.82) is 0 Å². The number of carbonyl (C=O) groups is 1. The van der Waals surface area contributed by atoms with E-state index in [1.807, 2.05) is 0 Å². The molecule has 1 amide bonds. The molecule has 0 saturated heterocycles. The molecule has 0 aliphatic heterocycles. The van der Waals surface area contributed by atoms with Crippen LogP contribution in [0.4, 0.5) is 10.1 Å². The number of anilines is 1. The van der Waals surface area contributed by atoms with Crippen LogP contribution in [0.1, 0.15) is 19.3 Å². The van der Waals surface area contributed by atoms with Gasteiger partial charge in [0, 0.05) is 17.5 Å². The zero-order chi connectivity index (χ0) is 12.4. The lowest BCUT2D eigenvalue weighted by molar-refractivity contribution is -0.116. The van der Waals surface area contributed by atoms with E-state index < -0.39 is 5.82 Å². The SMILES string of the molecule is NC(CC(=O)Nc1ccc(Cl)cc1F)C1CC1. The molecule has 1 aliphatic carbocycles. The molecule has 0 spiro atoms. The fourth-order valence-electron chi connectivity index (χ4n) is 1.70. The first-order valence-electron chi connectivity index (χ1n) is 5.57. The Morgan fingerprint density at radius 1 is 1.59 bits per heavy atom. The topological polar surface area (TPSA) is 55.1 Å². The summed E-state index contributed by atoms with van der Waals surface area (Å²) in [6.07, 6.45) is 2.40. The van der Waals surface area contributed by atoms with Crippen molar-refractivity contribution in [1.82, 2.24) is 0 Å². The molecule has 92 valence electrons. The summed E-state index contributed by atoms with van der Waals surface area (Å²) >= 11 is 5.61. The van der Waals surface area contributed by atoms with Gasteiger partial charge in [-0.3, -0.25) is 4.79 Å². The zero-order valence-electron chi connectivity index (χ0n) is 9.25. The van der Waals surface area contributed by atoms with Crippen LogP contribution in [0, 0.1) is 11.7 Å². The van der Waals surface area contributed by atoms with E-state index >= 15 is 0 Å². The molecule has 17 heavy (non-hydrogen) atoms. The van der Waals surface area contributed by atoms with Gasteiger partial charge in [-0.2, -0.15) is 0 Å². The number of benzene rings is 1. The number of amides is 1. The molecule has 2 rings (SSSR count). The van der Waals surface area contributed by atoms with Crippen LogP contribution in [0.3, 0.4) is 0 Å². The summed E-state index contributed by atoms with van der Waals surface area (Å²) in [5.74, 6) is -0.340. The first-order valence-corrected chi connectivity index (χ1v) is 5.94. The highest BCUT2D eigenvalue weighted by molar-refractivity contribution is 6.30. The predicted octanol–water partition coefficient (Wildman–Crippen LogP) is 2.55. The molecule has 1 saturated carbocycles. The number of hydrogen-bond donors (Lipinski definition) is 2. The molecular formula is C12H14ClFN2O. The Balaban J connectivity index is 1.92. The van der Waals surface area contributed by atoms with Crippen molar-refractivity contribution < 1.29 is 9.18 Å². The second kappa shape index (κ2) is 5.02. The Hall–Kier alpha value is -1.13. The van der Waals surface area contributed by atoms with E-state index in [4.69, 9.17) is 17.3 Å². The predicted molar refractivity (Wildman–Crippen MR) is 65.4 cm³/mol. The van der Waals surface area contributed by atoms with Crippen molar-refractivity contribution in [2.75, 3.05) is 5.32 Å². The Labute approximate surface area is 104 Å². The monoisotopic (exact) mass is 256 g/mol. The molecule has 3 nitrogen and oxygen atoms in total. The van der Waals surface area contributed by atoms with E-state index in [0.29, 0.717) is 10.9 Å². The molecular weight excluding hydrogens is 243 g/mol. The summed E-state index contributed by atoms with van der Waals surface area (Å²) in [5.41, 5.74) is 5.96. The summed E-state index contributed by atoms with van der Waals surface area (Å²) in [7, 11) is 0. The van der Waals surface area contributed by atoms with Crippen molar-refractivity contribution in [2.45, 2.75) is 25.3 Å². The van der Waals surface area contributed by atoms with Crippen LogP contribution in [0.2, 0.25) is 5.02 Å². The first kappa shape index (κ1) is 12.3. The Morgan fingerprint density at radius 3 is 2.88 bits per heavy atom. The molecule has 0 radical (unpaired) electrons. The molecule has 3 N–H and O–H groups in total.